The molecule has 2 aromatic carbocycles. The van der Waals surface area contributed by atoms with Crippen molar-refractivity contribution in [2.45, 2.75) is 6.92 Å². The average molecular weight is 283 g/mol. The lowest BCUT2D eigenvalue weighted by Crippen LogP contribution is -1.96. The zero-order valence-corrected chi connectivity index (χ0v) is 11.3. The molecule has 5 heteroatoms. The predicted molar refractivity (Wildman–Crippen MR) is 79.8 cm³/mol. The van der Waals surface area contributed by atoms with Crippen molar-refractivity contribution in [1.82, 2.24) is 0 Å². The Bertz CT molecular complexity index is 720. The minimum absolute atomic E-state index is 0.0480. The van der Waals surface area contributed by atoms with Crippen LogP contribution in [0.2, 0.25) is 0 Å². The van der Waals surface area contributed by atoms with Crippen LogP contribution in [0, 0.1) is 10.1 Å². The molecule has 106 valence electrons. The standard InChI is InChI=1S/C16H13NO4/c1-11(16(18)19)9-12-7-8-14(15(10-12)17(20)21)13-5-3-2-4-6-13/h2-10H,1H3,(H,18,19). The zero-order valence-electron chi connectivity index (χ0n) is 11.3. The number of carboxylic acids is 1. The Morgan fingerprint density at radius 3 is 2.43 bits per heavy atom. The largest absolute Gasteiger partial charge is 0.478 e. The first-order valence-corrected chi connectivity index (χ1v) is 6.24. The Morgan fingerprint density at radius 2 is 1.86 bits per heavy atom. The van der Waals surface area contributed by atoms with Gasteiger partial charge >= 0.3 is 5.97 Å². The quantitative estimate of drug-likeness (QED) is 0.526. The monoisotopic (exact) mass is 283 g/mol. The van der Waals surface area contributed by atoms with Gasteiger partial charge in [0.1, 0.15) is 0 Å². The van der Waals surface area contributed by atoms with Crippen molar-refractivity contribution in [3.8, 4) is 11.1 Å². The molecule has 0 unspecified atom stereocenters. The third kappa shape index (κ3) is 3.33. The highest BCUT2D eigenvalue weighted by Gasteiger charge is 2.15. The number of carbonyl (C=O) groups is 1. The van der Waals surface area contributed by atoms with Crippen LogP contribution in [0.5, 0.6) is 0 Å². The zero-order chi connectivity index (χ0) is 15.4. The molecule has 0 heterocycles. The van der Waals surface area contributed by atoms with Gasteiger partial charge in [0.05, 0.1) is 10.5 Å². The summed E-state index contributed by atoms with van der Waals surface area (Å²) >= 11 is 0. The third-order valence-electron chi connectivity index (χ3n) is 3.02. The summed E-state index contributed by atoms with van der Waals surface area (Å²) in [5.74, 6) is -1.05. The topological polar surface area (TPSA) is 80.4 Å². The minimum Gasteiger partial charge on any atom is -0.478 e. The number of nitro groups is 1. The number of nitro benzene ring substituents is 1. The van der Waals surface area contributed by atoms with E-state index in [9.17, 15) is 14.9 Å². The van der Waals surface area contributed by atoms with Crippen LogP contribution in [0.3, 0.4) is 0 Å². The van der Waals surface area contributed by atoms with Gasteiger partial charge in [-0.3, -0.25) is 10.1 Å². The van der Waals surface area contributed by atoms with E-state index < -0.39 is 10.9 Å². The van der Waals surface area contributed by atoms with Gasteiger partial charge in [0.2, 0.25) is 0 Å². The molecule has 0 amide bonds. The third-order valence-corrected chi connectivity index (χ3v) is 3.02. The first kappa shape index (κ1) is 14.5. The molecule has 0 saturated heterocycles. The van der Waals surface area contributed by atoms with Crippen LogP contribution in [0.15, 0.2) is 54.1 Å². The summed E-state index contributed by atoms with van der Waals surface area (Å²) in [6, 6.07) is 13.7. The van der Waals surface area contributed by atoms with E-state index in [4.69, 9.17) is 5.11 Å². The summed E-state index contributed by atoms with van der Waals surface area (Å²) in [5.41, 5.74) is 1.81. The number of benzene rings is 2. The van der Waals surface area contributed by atoms with Crippen LogP contribution >= 0.6 is 0 Å². The van der Waals surface area contributed by atoms with Gasteiger partial charge in [-0.2, -0.15) is 0 Å². The molecule has 0 aliphatic heterocycles. The lowest BCUT2D eigenvalue weighted by molar-refractivity contribution is -0.384. The first-order valence-electron chi connectivity index (χ1n) is 6.24. The molecule has 0 spiro atoms. The molecule has 2 aromatic rings. The summed E-state index contributed by atoms with van der Waals surface area (Å²) in [4.78, 5) is 21.6. The van der Waals surface area contributed by atoms with Crippen molar-refractivity contribution < 1.29 is 14.8 Å². The van der Waals surface area contributed by atoms with Crippen LogP contribution in [0.4, 0.5) is 5.69 Å². The number of rotatable bonds is 4. The maximum atomic E-state index is 11.2. The Kier molecular flexibility index (Phi) is 4.13. The van der Waals surface area contributed by atoms with Crippen LogP contribution in [-0.2, 0) is 4.79 Å². The Balaban J connectivity index is 2.53. The fourth-order valence-electron chi connectivity index (χ4n) is 1.96. The number of aliphatic carboxylic acids is 1. The fourth-order valence-corrected chi connectivity index (χ4v) is 1.96. The number of hydrogen-bond donors (Lipinski definition) is 1. The maximum absolute atomic E-state index is 11.2. The Morgan fingerprint density at radius 1 is 1.19 bits per heavy atom. The van der Waals surface area contributed by atoms with E-state index in [0.717, 1.165) is 5.56 Å². The van der Waals surface area contributed by atoms with Gasteiger partial charge in [-0.1, -0.05) is 36.4 Å². The van der Waals surface area contributed by atoms with Crippen LogP contribution in [0.1, 0.15) is 12.5 Å². The van der Waals surface area contributed by atoms with E-state index in [1.807, 2.05) is 6.07 Å². The van der Waals surface area contributed by atoms with Gasteiger partial charge in [0, 0.05) is 11.6 Å². The second-order valence-corrected chi connectivity index (χ2v) is 4.53. The average Bonchev–Trinajstić information content (AvgIpc) is 2.47. The second kappa shape index (κ2) is 6.00. The van der Waals surface area contributed by atoms with Crippen molar-refractivity contribution in [2.24, 2.45) is 0 Å². The Labute approximate surface area is 121 Å². The van der Waals surface area contributed by atoms with Gasteiger partial charge in [0.25, 0.3) is 5.69 Å². The lowest BCUT2D eigenvalue weighted by atomic mass is 10.0. The highest BCUT2D eigenvalue weighted by atomic mass is 16.6. The summed E-state index contributed by atoms with van der Waals surface area (Å²) in [5, 5.41) is 20.1. The number of nitrogens with zero attached hydrogens (tertiary/aromatic N) is 1. The predicted octanol–water partition coefficient (Wildman–Crippen LogP) is 3.75. The summed E-state index contributed by atoms with van der Waals surface area (Å²) in [7, 11) is 0. The second-order valence-electron chi connectivity index (χ2n) is 4.53. The SMILES string of the molecule is CC(=Cc1ccc(-c2ccccc2)c([N+](=O)[O-])c1)C(=O)O. The van der Waals surface area contributed by atoms with Crippen molar-refractivity contribution in [3.05, 3.63) is 69.8 Å². The highest BCUT2D eigenvalue weighted by molar-refractivity contribution is 5.91. The van der Waals surface area contributed by atoms with E-state index >= 15 is 0 Å². The first-order chi connectivity index (χ1) is 9.99. The highest BCUT2D eigenvalue weighted by Crippen LogP contribution is 2.31. The molecule has 0 aliphatic rings. The number of carboxylic acid groups (broad SMARTS) is 1. The van der Waals surface area contributed by atoms with Gasteiger partial charge in [-0.25, -0.2) is 4.79 Å². The van der Waals surface area contributed by atoms with E-state index in [-0.39, 0.29) is 11.3 Å². The van der Waals surface area contributed by atoms with Crippen molar-refractivity contribution >= 4 is 17.7 Å². The molecule has 0 radical (unpaired) electrons. The van der Waals surface area contributed by atoms with E-state index in [1.165, 1.54) is 19.1 Å². The fraction of sp³-hybridized carbons (Fsp3) is 0.0625. The van der Waals surface area contributed by atoms with Crippen LogP contribution in [0.25, 0.3) is 17.2 Å². The summed E-state index contributed by atoms with van der Waals surface area (Å²) in [6.07, 6.45) is 1.41. The molecule has 0 aliphatic carbocycles. The molecular formula is C16H13NO4. The molecule has 1 N–H and O–H groups in total. The normalized spacial score (nSPS) is 11.2. The smallest absolute Gasteiger partial charge is 0.331 e. The minimum atomic E-state index is -1.05. The molecule has 0 aromatic heterocycles. The summed E-state index contributed by atoms with van der Waals surface area (Å²) in [6.45, 7) is 1.44. The molecule has 0 fully saturated rings. The van der Waals surface area contributed by atoms with E-state index in [2.05, 4.69) is 0 Å². The molecule has 0 bridgehead atoms. The molecule has 0 atom stereocenters. The molecular weight excluding hydrogens is 270 g/mol. The lowest BCUT2D eigenvalue weighted by Gasteiger charge is -2.04. The molecule has 21 heavy (non-hydrogen) atoms. The molecule has 2 rings (SSSR count). The van der Waals surface area contributed by atoms with Gasteiger partial charge < -0.3 is 5.11 Å². The Hall–Kier alpha value is -2.95. The van der Waals surface area contributed by atoms with Gasteiger partial charge in [-0.05, 0) is 30.2 Å². The van der Waals surface area contributed by atoms with Crippen molar-refractivity contribution in [3.63, 3.8) is 0 Å². The van der Waals surface area contributed by atoms with Crippen LogP contribution < -0.4 is 0 Å². The maximum Gasteiger partial charge on any atom is 0.331 e. The van der Waals surface area contributed by atoms with E-state index in [0.29, 0.717) is 11.1 Å². The summed E-state index contributed by atoms with van der Waals surface area (Å²) < 4.78 is 0. The molecule has 0 saturated carbocycles. The van der Waals surface area contributed by atoms with Gasteiger partial charge in [0.15, 0.2) is 0 Å². The van der Waals surface area contributed by atoms with Crippen LogP contribution in [-0.4, -0.2) is 16.0 Å². The van der Waals surface area contributed by atoms with Gasteiger partial charge in [-0.15, -0.1) is 0 Å². The van der Waals surface area contributed by atoms with Crippen molar-refractivity contribution in [2.75, 3.05) is 0 Å². The molecule has 5 nitrogen and oxygen atoms in total. The van der Waals surface area contributed by atoms with Crippen molar-refractivity contribution in [1.29, 1.82) is 0 Å². The van der Waals surface area contributed by atoms with E-state index in [1.54, 1.807) is 36.4 Å². The number of hydrogen-bond acceptors (Lipinski definition) is 3.